The first kappa shape index (κ1) is 9.65. The van der Waals surface area contributed by atoms with E-state index >= 15 is 0 Å². The maximum Gasteiger partial charge on any atom is 0.159 e. The predicted octanol–water partition coefficient (Wildman–Crippen LogP) is 2.29. The van der Waals surface area contributed by atoms with Crippen LogP contribution in [0.1, 0.15) is 12.5 Å². The molecule has 0 bridgehead atoms. The third kappa shape index (κ3) is 2.13. The normalized spacial score (nSPS) is 10.2. The minimum absolute atomic E-state index is 0.587. The highest BCUT2D eigenvalue weighted by molar-refractivity contribution is 5.56. The summed E-state index contributed by atoms with van der Waals surface area (Å²) < 4.78 is 0. The Labute approximate surface area is 89.0 Å². The quantitative estimate of drug-likeness (QED) is 0.807. The molecule has 2 N–H and O–H groups in total. The number of hydrogen-bond donors (Lipinski definition) is 1. The zero-order valence-corrected chi connectivity index (χ0v) is 8.64. The molecule has 15 heavy (non-hydrogen) atoms. The first-order valence-electron chi connectivity index (χ1n) is 4.96. The van der Waals surface area contributed by atoms with Crippen LogP contribution in [-0.4, -0.2) is 9.97 Å². The SMILES string of the molecule is CCc1ccc(-c2ncc(N)cn2)cc1. The second-order valence-corrected chi connectivity index (χ2v) is 3.39. The summed E-state index contributed by atoms with van der Waals surface area (Å²) in [6.07, 6.45) is 4.29. The van der Waals surface area contributed by atoms with Gasteiger partial charge in [-0.2, -0.15) is 0 Å². The summed E-state index contributed by atoms with van der Waals surface area (Å²) in [5, 5.41) is 0. The van der Waals surface area contributed by atoms with Gasteiger partial charge in [0.15, 0.2) is 5.82 Å². The Morgan fingerprint density at radius 2 is 1.67 bits per heavy atom. The summed E-state index contributed by atoms with van der Waals surface area (Å²) in [6.45, 7) is 2.13. The standard InChI is InChI=1S/C12H13N3/c1-2-9-3-5-10(6-4-9)12-14-7-11(13)8-15-12/h3-8H,2,13H2,1H3. The van der Waals surface area contributed by atoms with Crippen molar-refractivity contribution in [3.63, 3.8) is 0 Å². The maximum atomic E-state index is 5.53. The monoisotopic (exact) mass is 199 g/mol. The molecule has 0 aliphatic heterocycles. The van der Waals surface area contributed by atoms with Crippen LogP contribution in [-0.2, 0) is 6.42 Å². The number of hydrogen-bond acceptors (Lipinski definition) is 3. The fourth-order valence-electron chi connectivity index (χ4n) is 1.38. The van der Waals surface area contributed by atoms with Gasteiger partial charge in [0.25, 0.3) is 0 Å². The Balaban J connectivity index is 2.33. The first-order chi connectivity index (χ1) is 7.29. The van der Waals surface area contributed by atoms with Crippen LogP contribution < -0.4 is 5.73 Å². The molecule has 2 aromatic rings. The molecule has 3 heteroatoms. The summed E-state index contributed by atoms with van der Waals surface area (Å²) in [6, 6.07) is 8.25. The Hall–Kier alpha value is -1.90. The number of nitrogen functional groups attached to an aromatic ring is 1. The molecule has 2 rings (SSSR count). The zero-order chi connectivity index (χ0) is 10.7. The third-order valence-electron chi connectivity index (χ3n) is 2.29. The van der Waals surface area contributed by atoms with E-state index in [0.717, 1.165) is 12.0 Å². The molecule has 1 aromatic heterocycles. The van der Waals surface area contributed by atoms with Gasteiger partial charge < -0.3 is 5.73 Å². The van der Waals surface area contributed by atoms with Gasteiger partial charge in [-0.1, -0.05) is 31.2 Å². The lowest BCUT2D eigenvalue weighted by Crippen LogP contribution is -1.92. The minimum Gasteiger partial charge on any atom is -0.396 e. The first-order valence-corrected chi connectivity index (χ1v) is 4.96. The van der Waals surface area contributed by atoms with Gasteiger partial charge >= 0.3 is 0 Å². The van der Waals surface area contributed by atoms with E-state index in [4.69, 9.17) is 5.73 Å². The van der Waals surface area contributed by atoms with Crippen molar-refractivity contribution in [1.82, 2.24) is 9.97 Å². The lowest BCUT2D eigenvalue weighted by Gasteiger charge is -2.01. The largest absolute Gasteiger partial charge is 0.396 e. The average Bonchev–Trinajstić information content (AvgIpc) is 2.30. The highest BCUT2D eigenvalue weighted by Crippen LogP contribution is 2.15. The van der Waals surface area contributed by atoms with Crippen molar-refractivity contribution < 1.29 is 0 Å². The molecule has 0 aliphatic rings. The Morgan fingerprint density at radius 1 is 1.07 bits per heavy atom. The van der Waals surface area contributed by atoms with E-state index in [9.17, 15) is 0 Å². The van der Waals surface area contributed by atoms with Gasteiger partial charge in [0.05, 0.1) is 18.1 Å². The Morgan fingerprint density at radius 3 is 2.20 bits per heavy atom. The van der Waals surface area contributed by atoms with Gasteiger partial charge in [0, 0.05) is 5.56 Å². The molecule has 0 radical (unpaired) electrons. The van der Waals surface area contributed by atoms with Crippen molar-refractivity contribution in [2.75, 3.05) is 5.73 Å². The van der Waals surface area contributed by atoms with Crippen LogP contribution in [0.25, 0.3) is 11.4 Å². The van der Waals surface area contributed by atoms with Gasteiger partial charge in [0.1, 0.15) is 0 Å². The van der Waals surface area contributed by atoms with Gasteiger partial charge in [-0.3, -0.25) is 0 Å². The Kier molecular flexibility index (Phi) is 2.63. The molecule has 1 aromatic carbocycles. The maximum absolute atomic E-state index is 5.53. The molecule has 0 aliphatic carbocycles. The molecule has 0 saturated heterocycles. The molecule has 0 amide bonds. The third-order valence-corrected chi connectivity index (χ3v) is 2.29. The average molecular weight is 199 g/mol. The van der Waals surface area contributed by atoms with Crippen LogP contribution in [0, 0.1) is 0 Å². The summed E-state index contributed by atoms with van der Waals surface area (Å²) in [5.74, 6) is 0.715. The second kappa shape index (κ2) is 4.09. The fourth-order valence-corrected chi connectivity index (χ4v) is 1.38. The van der Waals surface area contributed by atoms with Gasteiger partial charge in [-0.25, -0.2) is 9.97 Å². The Bertz CT molecular complexity index is 431. The number of aryl methyl sites for hydroxylation is 1. The van der Waals surface area contributed by atoms with Gasteiger partial charge in [-0.05, 0) is 12.0 Å². The minimum atomic E-state index is 0.587. The van der Waals surface area contributed by atoms with E-state index in [2.05, 4.69) is 29.0 Å². The molecule has 3 nitrogen and oxygen atoms in total. The lowest BCUT2D eigenvalue weighted by atomic mass is 10.1. The smallest absolute Gasteiger partial charge is 0.159 e. The molecule has 0 atom stereocenters. The van der Waals surface area contributed by atoms with E-state index < -0.39 is 0 Å². The van der Waals surface area contributed by atoms with E-state index in [1.54, 1.807) is 12.4 Å². The van der Waals surface area contributed by atoms with Crippen molar-refractivity contribution in [3.05, 3.63) is 42.2 Å². The predicted molar refractivity (Wildman–Crippen MR) is 61.3 cm³/mol. The topological polar surface area (TPSA) is 51.8 Å². The van der Waals surface area contributed by atoms with Gasteiger partial charge in [-0.15, -0.1) is 0 Å². The van der Waals surface area contributed by atoms with E-state index in [1.165, 1.54) is 5.56 Å². The van der Waals surface area contributed by atoms with Crippen LogP contribution in [0.3, 0.4) is 0 Å². The number of benzene rings is 1. The second-order valence-electron chi connectivity index (χ2n) is 3.39. The number of nitrogens with two attached hydrogens (primary N) is 1. The highest BCUT2D eigenvalue weighted by Gasteiger charge is 1.99. The number of anilines is 1. The zero-order valence-electron chi connectivity index (χ0n) is 8.64. The molecule has 0 saturated carbocycles. The fraction of sp³-hybridized carbons (Fsp3) is 0.167. The van der Waals surface area contributed by atoms with Crippen molar-refractivity contribution in [2.24, 2.45) is 0 Å². The van der Waals surface area contributed by atoms with Crippen LogP contribution >= 0.6 is 0 Å². The van der Waals surface area contributed by atoms with Crippen LogP contribution in [0.2, 0.25) is 0 Å². The molecule has 0 unspecified atom stereocenters. The van der Waals surface area contributed by atoms with Crippen molar-refractivity contribution in [1.29, 1.82) is 0 Å². The summed E-state index contributed by atoms with van der Waals surface area (Å²) in [7, 11) is 0. The molecular formula is C12H13N3. The van der Waals surface area contributed by atoms with Crippen LogP contribution in [0.5, 0.6) is 0 Å². The summed E-state index contributed by atoms with van der Waals surface area (Å²) in [5.41, 5.74) is 8.45. The number of rotatable bonds is 2. The number of aromatic nitrogens is 2. The molecule has 1 heterocycles. The van der Waals surface area contributed by atoms with Crippen molar-refractivity contribution >= 4 is 5.69 Å². The lowest BCUT2D eigenvalue weighted by molar-refractivity contribution is 1.13. The van der Waals surface area contributed by atoms with E-state index in [0.29, 0.717) is 11.5 Å². The van der Waals surface area contributed by atoms with Crippen LogP contribution in [0.15, 0.2) is 36.7 Å². The van der Waals surface area contributed by atoms with Gasteiger partial charge in [0.2, 0.25) is 0 Å². The molecule has 76 valence electrons. The van der Waals surface area contributed by atoms with E-state index in [1.807, 2.05) is 12.1 Å². The highest BCUT2D eigenvalue weighted by atomic mass is 14.9. The summed E-state index contributed by atoms with van der Waals surface area (Å²) >= 11 is 0. The van der Waals surface area contributed by atoms with Crippen molar-refractivity contribution in [2.45, 2.75) is 13.3 Å². The van der Waals surface area contributed by atoms with Crippen LogP contribution in [0.4, 0.5) is 5.69 Å². The molecule has 0 spiro atoms. The molecule has 0 fully saturated rings. The van der Waals surface area contributed by atoms with Crippen molar-refractivity contribution in [3.8, 4) is 11.4 Å². The van der Waals surface area contributed by atoms with E-state index in [-0.39, 0.29) is 0 Å². The molecular weight excluding hydrogens is 186 g/mol. The summed E-state index contributed by atoms with van der Waals surface area (Å²) in [4.78, 5) is 8.34. The number of nitrogens with zero attached hydrogens (tertiary/aromatic N) is 2.